The van der Waals surface area contributed by atoms with Gasteiger partial charge in [-0.15, -0.1) is 0 Å². The van der Waals surface area contributed by atoms with Crippen LogP contribution in [0.4, 0.5) is 0 Å². The van der Waals surface area contributed by atoms with Crippen LogP contribution in [0, 0.1) is 0 Å². The van der Waals surface area contributed by atoms with Crippen LogP contribution in [0.25, 0.3) is 11.1 Å². The van der Waals surface area contributed by atoms with E-state index < -0.39 is 5.79 Å². The third kappa shape index (κ3) is 3.17. The maximum Gasteiger partial charge on any atom is 0.213 e. The van der Waals surface area contributed by atoms with E-state index in [1.54, 1.807) is 0 Å². The first kappa shape index (κ1) is 17.0. The predicted octanol–water partition coefficient (Wildman–Crippen LogP) is 4.42. The molecule has 1 spiro atoms. The van der Waals surface area contributed by atoms with E-state index in [4.69, 9.17) is 9.47 Å². The highest BCUT2D eigenvalue weighted by atomic mass is 16.7. The topological polar surface area (TPSA) is 38.8 Å². The third-order valence-corrected chi connectivity index (χ3v) is 6.38. The molecular weight excluding hydrogens is 338 g/mol. The van der Waals surface area contributed by atoms with Crippen LogP contribution in [-0.4, -0.2) is 36.1 Å². The molecule has 0 radical (unpaired) electrons. The molecule has 2 heterocycles. The van der Waals surface area contributed by atoms with Gasteiger partial charge in [-0.1, -0.05) is 36.8 Å². The lowest BCUT2D eigenvalue weighted by molar-refractivity contribution is -0.231. The zero-order chi connectivity index (χ0) is 18.3. The Labute approximate surface area is 160 Å². The summed E-state index contributed by atoms with van der Waals surface area (Å²) in [5.74, 6) is 0.506. The fraction of sp³-hybridized carbons (Fsp3) is 0.435. The zero-order valence-electron chi connectivity index (χ0n) is 15.5. The predicted molar refractivity (Wildman–Crippen MR) is 104 cm³/mol. The molecule has 1 aliphatic carbocycles. The van der Waals surface area contributed by atoms with Gasteiger partial charge in [-0.2, -0.15) is 0 Å². The van der Waals surface area contributed by atoms with Crippen LogP contribution in [0.2, 0.25) is 0 Å². The van der Waals surface area contributed by atoms with Gasteiger partial charge in [-0.25, -0.2) is 0 Å². The number of nitrogens with zero attached hydrogens (tertiary/aromatic N) is 1. The number of likely N-dealkylation sites (tertiary alicyclic amines) is 1. The Kier molecular flexibility index (Phi) is 4.25. The fourth-order valence-electron chi connectivity index (χ4n) is 4.39. The summed E-state index contributed by atoms with van der Waals surface area (Å²) in [7, 11) is 0. The summed E-state index contributed by atoms with van der Waals surface area (Å²) in [6.45, 7) is 2.74. The molecule has 2 aliphatic heterocycles. The van der Waals surface area contributed by atoms with Crippen LogP contribution in [0.3, 0.4) is 0 Å². The van der Waals surface area contributed by atoms with E-state index in [1.165, 1.54) is 19.3 Å². The Hall–Kier alpha value is -2.17. The number of carbonyl (C=O) groups excluding carboxylic acids is 1. The lowest BCUT2D eigenvalue weighted by Crippen LogP contribution is -2.54. The fourth-order valence-corrected chi connectivity index (χ4v) is 4.39. The Bertz CT molecular complexity index is 833. The number of fused-ring (bicyclic) bond motifs is 1. The van der Waals surface area contributed by atoms with E-state index in [2.05, 4.69) is 23.1 Å². The third-order valence-electron chi connectivity index (χ3n) is 6.38. The van der Waals surface area contributed by atoms with Crippen molar-refractivity contribution in [1.29, 1.82) is 0 Å². The molecule has 3 aliphatic rings. The van der Waals surface area contributed by atoms with E-state index >= 15 is 0 Å². The summed E-state index contributed by atoms with van der Waals surface area (Å²) in [5.41, 5.74) is 4.00. The molecule has 0 unspecified atom stereocenters. The minimum atomic E-state index is -0.444. The number of hydrogen-bond donors (Lipinski definition) is 0. The maximum absolute atomic E-state index is 10.8. The van der Waals surface area contributed by atoms with E-state index in [9.17, 15) is 4.79 Å². The first-order valence-electron chi connectivity index (χ1n) is 10.0. The van der Waals surface area contributed by atoms with Gasteiger partial charge < -0.3 is 9.47 Å². The summed E-state index contributed by atoms with van der Waals surface area (Å²) >= 11 is 0. The van der Waals surface area contributed by atoms with Crippen LogP contribution in [0.15, 0.2) is 42.5 Å². The molecule has 1 saturated heterocycles. The molecule has 1 saturated carbocycles. The lowest BCUT2D eigenvalue weighted by atomic mass is 9.89. The van der Waals surface area contributed by atoms with Gasteiger partial charge in [0.15, 0.2) is 0 Å². The van der Waals surface area contributed by atoms with E-state index in [1.807, 2.05) is 24.3 Å². The molecule has 5 rings (SSSR count). The molecular formula is C23H25NO3. The smallest absolute Gasteiger partial charge is 0.213 e. The van der Waals surface area contributed by atoms with Crippen molar-refractivity contribution in [2.24, 2.45) is 0 Å². The van der Waals surface area contributed by atoms with Crippen molar-refractivity contribution in [3.8, 4) is 16.9 Å². The molecule has 2 aromatic rings. The highest BCUT2D eigenvalue weighted by Gasteiger charge is 2.42. The van der Waals surface area contributed by atoms with Crippen molar-refractivity contribution in [3.63, 3.8) is 0 Å². The second-order valence-corrected chi connectivity index (χ2v) is 7.98. The van der Waals surface area contributed by atoms with Crippen molar-refractivity contribution in [1.82, 2.24) is 4.90 Å². The van der Waals surface area contributed by atoms with Gasteiger partial charge in [0.05, 0.1) is 6.61 Å². The van der Waals surface area contributed by atoms with Crippen LogP contribution >= 0.6 is 0 Å². The number of carbonyl (C=O) groups is 1. The molecule has 2 aromatic carbocycles. The lowest BCUT2D eigenvalue weighted by Gasteiger charge is -2.47. The second kappa shape index (κ2) is 6.77. The summed E-state index contributed by atoms with van der Waals surface area (Å²) in [5, 5.41) is 0. The number of hydrogen-bond acceptors (Lipinski definition) is 4. The molecule has 2 fully saturated rings. The minimum Gasteiger partial charge on any atom is -0.462 e. The SMILES string of the molecule is O=Cc1ccc(-c2ccc3c(c2)COC2(CCN(C4CCC4)CC2)O3)cc1. The summed E-state index contributed by atoms with van der Waals surface area (Å²) < 4.78 is 12.6. The van der Waals surface area contributed by atoms with Crippen molar-refractivity contribution < 1.29 is 14.3 Å². The molecule has 4 heteroatoms. The second-order valence-electron chi connectivity index (χ2n) is 7.98. The number of aldehydes is 1. The molecule has 0 N–H and O–H groups in total. The first-order valence-corrected chi connectivity index (χ1v) is 10.0. The van der Waals surface area contributed by atoms with Crippen LogP contribution < -0.4 is 4.74 Å². The normalized spacial score (nSPS) is 21.9. The Morgan fingerprint density at radius 2 is 1.74 bits per heavy atom. The van der Waals surface area contributed by atoms with Gasteiger partial charge in [0.2, 0.25) is 5.79 Å². The van der Waals surface area contributed by atoms with Gasteiger partial charge in [-0.3, -0.25) is 9.69 Å². The Morgan fingerprint density at radius 1 is 1.00 bits per heavy atom. The standard InChI is InChI=1S/C23H25NO3/c25-15-17-4-6-18(7-5-17)19-8-9-22-20(14-19)16-26-23(27-22)10-12-24(13-11-23)21-2-1-3-21/h4-9,14-15,21H,1-3,10-13,16H2. The highest BCUT2D eigenvalue weighted by molar-refractivity contribution is 5.77. The van der Waals surface area contributed by atoms with E-state index in [-0.39, 0.29) is 0 Å². The zero-order valence-corrected chi connectivity index (χ0v) is 15.5. The quantitative estimate of drug-likeness (QED) is 0.757. The Balaban J connectivity index is 1.31. The number of rotatable bonds is 3. The van der Waals surface area contributed by atoms with Crippen molar-refractivity contribution >= 4 is 6.29 Å². The van der Waals surface area contributed by atoms with Gasteiger partial charge in [0.25, 0.3) is 0 Å². The largest absolute Gasteiger partial charge is 0.462 e. The number of piperidine rings is 1. The molecule has 27 heavy (non-hydrogen) atoms. The van der Waals surface area contributed by atoms with E-state index in [0.717, 1.165) is 60.7 Å². The van der Waals surface area contributed by atoms with Gasteiger partial charge in [0.1, 0.15) is 12.0 Å². The molecule has 0 bridgehead atoms. The molecule has 0 atom stereocenters. The summed E-state index contributed by atoms with van der Waals surface area (Å²) in [6.07, 6.45) is 6.85. The molecule has 0 amide bonds. The van der Waals surface area contributed by atoms with E-state index in [0.29, 0.717) is 12.2 Å². The average Bonchev–Trinajstić information content (AvgIpc) is 2.68. The summed E-state index contributed by atoms with van der Waals surface area (Å²) in [6, 6.07) is 14.8. The first-order chi connectivity index (χ1) is 13.2. The monoisotopic (exact) mass is 363 g/mol. The maximum atomic E-state index is 10.8. The van der Waals surface area contributed by atoms with Crippen LogP contribution in [-0.2, 0) is 11.3 Å². The number of ether oxygens (including phenoxy) is 2. The Morgan fingerprint density at radius 3 is 2.41 bits per heavy atom. The van der Waals surface area contributed by atoms with Gasteiger partial charge >= 0.3 is 0 Å². The average molecular weight is 363 g/mol. The minimum absolute atomic E-state index is 0.444. The van der Waals surface area contributed by atoms with Crippen molar-refractivity contribution in [3.05, 3.63) is 53.6 Å². The van der Waals surface area contributed by atoms with Crippen molar-refractivity contribution in [2.75, 3.05) is 13.1 Å². The molecule has 140 valence electrons. The van der Waals surface area contributed by atoms with Crippen LogP contribution in [0.1, 0.15) is 48.0 Å². The van der Waals surface area contributed by atoms with Gasteiger partial charge in [0, 0.05) is 43.1 Å². The highest BCUT2D eigenvalue weighted by Crippen LogP contribution is 2.40. The van der Waals surface area contributed by atoms with Crippen LogP contribution in [0.5, 0.6) is 5.75 Å². The van der Waals surface area contributed by atoms with Gasteiger partial charge in [-0.05, 0) is 36.1 Å². The molecule has 4 nitrogen and oxygen atoms in total. The number of benzene rings is 2. The summed E-state index contributed by atoms with van der Waals surface area (Å²) in [4.78, 5) is 13.4. The molecule has 0 aromatic heterocycles. The van der Waals surface area contributed by atoms with Crippen molar-refractivity contribution in [2.45, 2.75) is 50.5 Å².